The number of nitrogens with two attached hydrogens (primary N) is 1. The molecule has 1 unspecified atom stereocenters. The Labute approximate surface area is 262 Å². The third-order valence-electron chi connectivity index (χ3n) is 9.56. The number of rotatable bonds is 36. The highest BCUT2D eigenvalue weighted by Gasteiger charge is 2.11. The zero-order chi connectivity index (χ0) is 29.9. The summed E-state index contributed by atoms with van der Waals surface area (Å²) in [4.78, 5) is 2.69. The van der Waals surface area contributed by atoms with E-state index in [2.05, 4.69) is 25.7 Å². The van der Waals surface area contributed by atoms with E-state index in [0.29, 0.717) is 6.04 Å². The van der Waals surface area contributed by atoms with Gasteiger partial charge in [0.1, 0.15) is 0 Å². The number of hydrogen-bond donors (Lipinski definition) is 1. The average molecular weight is 579 g/mol. The first-order valence-electron chi connectivity index (χ1n) is 19.7. The molecule has 0 fully saturated rings. The number of nitrogens with zero attached hydrogens (tertiary/aromatic N) is 1. The first kappa shape index (κ1) is 40.9. The van der Waals surface area contributed by atoms with Crippen LogP contribution in [0.4, 0.5) is 0 Å². The van der Waals surface area contributed by atoms with Crippen molar-refractivity contribution in [1.29, 1.82) is 0 Å². The molecule has 248 valence electrons. The van der Waals surface area contributed by atoms with Gasteiger partial charge in [-0.05, 0) is 32.9 Å². The third kappa shape index (κ3) is 32.7. The molecule has 2 N–H and O–H groups in total. The second kappa shape index (κ2) is 36.1. The van der Waals surface area contributed by atoms with Gasteiger partial charge < -0.3 is 5.73 Å². The molecule has 0 aliphatic rings. The summed E-state index contributed by atoms with van der Waals surface area (Å²) in [5.41, 5.74) is 6.05. The highest BCUT2D eigenvalue weighted by Crippen LogP contribution is 2.16. The van der Waals surface area contributed by atoms with Crippen LogP contribution in [0.5, 0.6) is 0 Å². The molecule has 2 heteroatoms. The lowest BCUT2D eigenvalue weighted by Crippen LogP contribution is -2.39. The summed E-state index contributed by atoms with van der Waals surface area (Å²) in [7, 11) is 0. The van der Waals surface area contributed by atoms with Crippen LogP contribution in [0.3, 0.4) is 0 Å². The fourth-order valence-electron chi connectivity index (χ4n) is 6.43. The molecule has 0 saturated carbocycles. The van der Waals surface area contributed by atoms with E-state index in [0.717, 1.165) is 6.54 Å². The van der Waals surface area contributed by atoms with Crippen LogP contribution in [0.2, 0.25) is 0 Å². The van der Waals surface area contributed by atoms with Gasteiger partial charge in [-0.1, -0.05) is 206 Å². The molecule has 0 heterocycles. The smallest absolute Gasteiger partial charge is 0.0190 e. The molecule has 0 aromatic heterocycles. The predicted molar refractivity (Wildman–Crippen MR) is 189 cm³/mol. The van der Waals surface area contributed by atoms with Crippen LogP contribution < -0.4 is 5.73 Å². The lowest BCUT2D eigenvalue weighted by molar-refractivity contribution is 0.203. The first-order chi connectivity index (χ1) is 20.3. The molecule has 0 aliphatic carbocycles. The van der Waals surface area contributed by atoms with Crippen LogP contribution in [0.1, 0.15) is 226 Å². The van der Waals surface area contributed by atoms with E-state index in [1.807, 2.05) is 0 Å². The van der Waals surface area contributed by atoms with Crippen molar-refractivity contribution in [2.24, 2.45) is 5.73 Å². The van der Waals surface area contributed by atoms with Gasteiger partial charge in [-0.25, -0.2) is 0 Å². The summed E-state index contributed by atoms with van der Waals surface area (Å²) in [5.74, 6) is 0. The normalized spacial score (nSPS) is 12.5. The summed E-state index contributed by atoms with van der Waals surface area (Å²) >= 11 is 0. The minimum absolute atomic E-state index is 0.544. The van der Waals surface area contributed by atoms with Gasteiger partial charge >= 0.3 is 0 Å². The zero-order valence-electron chi connectivity index (χ0n) is 29.4. The van der Waals surface area contributed by atoms with Gasteiger partial charge in [0.05, 0.1) is 0 Å². The summed E-state index contributed by atoms with van der Waals surface area (Å²) in [6.45, 7) is 10.3. The molecule has 0 saturated heterocycles. The number of unbranched alkanes of at least 4 members (excludes halogenated alkanes) is 30. The topological polar surface area (TPSA) is 29.3 Å². The standard InChI is InChI=1S/C39H82N2/c1-4-6-8-10-12-14-16-18-20-22-24-26-28-30-32-34-36-41(39(3)38-40)37-35-33-31-29-27-25-23-21-19-17-15-13-11-9-7-5-2/h39H,4-38,40H2,1-3H3. The van der Waals surface area contributed by atoms with E-state index in [9.17, 15) is 0 Å². The van der Waals surface area contributed by atoms with Crippen molar-refractivity contribution >= 4 is 0 Å². The van der Waals surface area contributed by atoms with Gasteiger partial charge in [0, 0.05) is 12.6 Å². The maximum atomic E-state index is 6.05. The maximum Gasteiger partial charge on any atom is 0.0190 e. The molecule has 0 aliphatic heterocycles. The Morgan fingerprint density at radius 3 is 0.732 bits per heavy atom. The largest absolute Gasteiger partial charge is 0.329 e. The van der Waals surface area contributed by atoms with Crippen LogP contribution in [-0.4, -0.2) is 30.6 Å². The van der Waals surface area contributed by atoms with Crippen molar-refractivity contribution in [2.45, 2.75) is 232 Å². The van der Waals surface area contributed by atoms with Gasteiger partial charge in [-0.2, -0.15) is 0 Å². The Kier molecular flexibility index (Phi) is 36.0. The monoisotopic (exact) mass is 579 g/mol. The van der Waals surface area contributed by atoms with E-state index in [1.54, 1.807) is 0 Å². The first-order valence-corrected chi connectivity index (χ1v) is 19.7. The second-order valence-corrected chi connectivity index (χ2v) is 13.7. The van der Waals surface area contributed by atoms with Crippen molar-refractivity contribution in [3.63, 3.8) is 0 Å². The molecule has 0 bridgehead atoms. The molecule has 0 spiro atoms. The fourth-order valence-corrected chi connectivity index (χ4v) is 6.43. The van der Waals surface area contributed by atoms with E-state index in [4.69, 9.17) is 5.73 Å². The molecule has 1 atom stereocenters. The molecule has 0 rings (SSSR count). The molecule has 0 amide bonds. The van der Waals surface area contributed by atoms with Crippen LogP contribution in [0.25, 0.3) is 0 Å². The highest BCUT2D eigenvalue weighted by molar-refractivity contribution is 4.68. The Bertz CT molecular complexity index is 415. The molecule has 0 aromatic carbocycles. The fraction of sp³-hybridized carbons (Fsp3) is 1.00. The minimum Gasteiger partial charge on any atom is -0.329 e. The van der Waals surface area contributed by atoms with E-state index in [1.165, 1.54) is 219 Å². The van der Waals surface area contributed by atoms with E-state index < -0.39 is 0 Å². The minimum atomic E-state index is 0.544. The summed E-state index contributed by atoms with van der Waals surface area (Å²) in [6.07, 6.45) is 46.3. The SMILES string of the molecule is CCCCCCCCCCCCCCCCCCN(CCCCCCCCCCCCCCCCCC)C(C)CN. The Balaban J connectivity index is 3.47. The molecule has 41 heavy (non-hydrogen) atoms. The van der Waals surface area contributed by atoms with Crippen LogP contribution in [-0.2, 0) is 0 Å². The Hall–Kier alpha value is -0.0800. The summed E-state index contributed by atoms with van der Waals surface area (Å²) in [6, 6.07) is 0.544. The van der Waals surface area contributed by atoms with Crippen molar-refractivity contribution in [3.05, 3.63) is 0 Å². The maximum absolute atomic E-state index is 6.05. The van der Waals surface area contributed by atoms with Crippen LogP contribution in [0, 0.1) is 0 Å². The van der Waals surface area contributed by atoms with Gasteiger partial charge in [0.15, 0.2) is 0 Å². The lowest BCUT2D eigenvalue weighted by atomic mass is 10.0. The molecule has 0 radical (unpaired) electrons. The van der Waals surface area contributed by atoms with Gasteiger partial charge in [0.25, 0.3) is 0 Å². The van der Waals surface area contributed by atoms with Gasteiger partial charge in [0.2, 0.25) is 0 Å². The summed E-state index contributed by atoms with van der Waals surface area (Å²) < 4.78 is 0. The van der Waals surface area contributed by atoms with E-state index in [-0.39, 0.29) is 0 Å². The van der Waals surface area contributed by atoms with Crippen molar-refractivity contribution in [1.82, 2.24) is 4.90 Å². The number of hydrogen-bond acceptors (Lipinski definition) is 2. The lowest BCUT2D eigenvalue weighted by Gasteiger charge is -2.28. The Morgan fingerprint density at radius 1 is 0.341 bits per heavy atom. The van der Waals surface area contributed by atoms with Crippen molar-refractivity contribution < 1.29 is 0 Å². The average Bonchev–Trinajstić information content (AvgIpc) is 2.99. The van der Waals surface area contributed by atoms with Gasteiger partial charge in [-0.3, -0.25) is 4.90 Å². The second-order valence-electron chi connectivity index (χ2n) is 13.7. The molecular formula is C39H82N2. The molecule has 2 nitrogen and oxygen atoms in total. The van der Waals surface area contributed by atoms with Crippen LogP contribution >= 0.6 is 0 Å². The van der Waals surface area contributed by atoms with Crippen LogP contribution in [0.15, 0.2) is 0 Å². The summed E-state index contributed by atoms with van der Waals surface area (Å²) in [5, 5.41) is 0. The van der Waals surface area contributed by atoms with Gasteiger partial charge in [-0.15, -0.1) is 0 Å². The Morgan fingerprint density at radius 2 is 0.537 bits per heavy atom. The molecule has 0 aromatic rings. The third-order valence-corrected chi connectivity index (χ3v) is 9.56. The van der Waals surface area contributed by atoms with Crippen molar-refractivity contribution in [3.8, 4) is 0 Å². The molecular weight excluding hydrogens is 496 g/mol. The van der Waals surface area contributed by atoms with E-state index >= 15 is 0 Å². The van der Waals surface area contributed by atoms with Crippen molar-refractivity contribution in [2.75, 3.05) is 19.6 Å². The zero-order valence-corrected chi connectivity index (χ0v) is 29.4. The quantitative estimate of drug-likeness (QED) is 0.0749. The predicted octanol–water partition coefficient (Wildman–Crippen LogP) is 13.2. The highest BCUT2D eigenvalue weighted by atomic mass is 15.2.